The van der Waals surface area contributed by atoms with E-state index >= 15 is 0 Å². The van der Waals surface area contributed by atoms with Crippen molar-refractivity contribution in [3.05, 3.63) is 0 Å². The lowest BCUT2D eigenvalue weighted by molar-refractivity contribution is 0.183. The highest BCUT2D eigenvalue weighted by Crippen LogP contribution is 2.53. The third-order valence-corrected chi connectivity index (χ3v) is 5.21. The highest BCUT2D eigenvalue weighted by Gasteiger charge is 2.53. The zero-order valence-corrected chi connectivity index (χ0v) is 10.9. The van der Waals surface area contributed by atoms with Gasteiger partial charge in [-0.3, -0.25) is 0 Å². The van der Waals surface area contributed by atoms with E-state index in [1.807, 2.05) is 0 Å². The van der Waals surface area contributed by atoms with Gasteiger partial charge in [0.25, 0.3) is 0 Å². The summed E-state index contributed by atoms with van der Waals surface area (Å²) in [5.74, 6) is 4.23. The first-order chi connectivity index (χ1) is 7.74. The second-order valence-electron chi connectivity index (χ2n) is 6.53. The zero-order valence-electron chi connectivity index (χ0n) is 10.9. The number of rotatable bonds is 3. The Balaban J connectivity index is 1.36. The maximum Gasteiger partial charge on any atom is 0.00127 e. The van der Waals surface area contributed by atoms with E-state index in [0.717, 1.165) is 23.7 Å². The molecule has 2 heteroatoms. The summed E-state index contributed by atoms with van der Waals surface area (Å²) in [7, 11) is 2.27. The second-order valence-corrected chi connectivity index (χ2v) is 6.53. The van der Waals surface area contributed by atoms with Crippen molar-refractivity contribution in [3.8, 4) is 0 Å². The Morgan fingerprint density at radius 2 is 1.69 bits per heavy atom. The molecular weight excluding hydrogens is 196 g/mol. The van der Waals surface area contributed by atoms with Crippen LogP contribution in [0.5, 0.6) is 0 Å². The average Bonchev–Trinajstić information content (AvgIpc) is 2.73. The van der Waals surface area contributed by atoms with Crippen LogP contribution in [0.15, 0.2) is 0 Å². The molecule has 2 unspecified atom stereocenters. The third-order valence-electron chi connectivity index (χ3n) is 5.21. The minimum absolute atomic E-state index is 0.977. The molecule has 2 atom stereocenters. The van der Waals surface area contributed by atoms with Crippen LogP contribution in [0.2, 0.25) is 0 Å². The molecule has 0 spiro atoms. The second kappa shape index (κ2) is 4.30. The molecule has 92 valence electrons. The molecular formula is C14H26N2. The summed E-state index contributed by atoms with van der Waals surface area (Å²) in [6.45, 7) is 9.28. The van der Waals surface area contributed by atoms with Gasteiger partial charge in [0.05, 0.1) is 0 Å². The topological polar surface area (TPSA) is 6.48 Å². The van der Waals surface area contributed by atoms with Gasteiger partial charge in [0.2, 0.25) is 0 Å². The summed E-state index contributed by atoms with van der Waals surface area (Å²) < 4.78 is 0. The molecule has 2 aliphatic heterocycles. The molecule has 3 rings (SSSR count). The van der Waals surface area contributed by atoms with E-state index in [1.165, 1.54) is 52.0 Å². The average molecular weight is 222 g/mol. The van der Waals surface area contributed by atoms with Gasteiger partial charge < -0.3 is 9.80 Å². The van der Waals surface area contributed by atoms with E-state index in [9.17, 15) is 0 Å². The largest absolute Gasteiger partial charge is 0.306 e. The Bertz CT molecular complexity index is 231. The van der Waals surface area contributed by atoms with E-state index in [-0.39, 0.29) is 0 Å². The molecule has 2 nitrogen and oxygen atoms in total. The fraction of sp³-hybridized carbons (Fsp3) is 1.00. The summed E-state index contributed by atoms with van der Waals surface area (Å²) in [6, 6.07) is 0. The molecule has 1 aliphatic carbocycles. The van der Waals surface area contributed by atoms with Crippen LogP contribution in [-0.2, 0) is 0 Å². The van der Waals surface area contributed by atoms with Crippen molar-refractivity contribution in [2.45, 2.75) is 26.2 Å². The summed E-state index contributed by atoms with van der Waals surface area (Å²) in [5, 5.41) is 0. The van der Waals surface area contributed by atoms with Gasteiger partial charge in [-0.15, -0.1) is 0 Å². The van der Waals surface area contributed by atoms with Gasteiger partial charge in [0.15, 0.2) is 0 Å². The number of hydrogen-bond donors (Lipinski definition) is 0. The number of nitrogens with zero attached hydrogens (tertiary/aromatic N) is 2. The quantitative estimate of drug-likeness (QED) is 0.720. The summed E-state index contributed by atoms with van der Waals surface area (Å²) >= 11 is 0. The lowest BCUT2D eigenvalue weighted by Crippen LogP contribution is -2.34. The van der Waals surface area contributed by atoms with Crippen LogP contribution < -0.4 is 0 Å². The van der Waals surface area contributed by atoms with Gasteiger partial charge >= 0.3 is 0 Å². The summed E-state index contributed by atoms with van der Waals surface area (Å²) in [6.07, 6.45) is 4.35. The Kier molecular flexibility index (Phi) is 2.97. The maximum atomic E-state index is 2.71. The van der Waals surface area contributed by atoms with E-state index in [4.69, 9.17) is 0 Å². The van der Waals surface area contributed by atoms with Crippen molar-refractivity contribution in [1.29, 1.82) is 0 Å². The third kappa shape index (κ3) is 2.14. The Morgan fingerprint density at radius 3 is 2.31 bits per heavy atom. The summed E-state index contributed by atoms with van der Waals surface area (Å²) in [4.78, 5) is 5.21. The number of likely N-dealkylation sites (tertiary alicyclic amines) is 2. The standard InChI is InChI=1S/C14H26N2/c1-11-3-6-16(7-4-11)8-5-12-13-9-15(2)10-14(12)13/h11-14H,3-10H2,1-2H3. The van der Waals surface area contributed by atoms with Gasteiger partial charge in [-0.25, -0.2) is 0 Å². The van der Waals surface area contributed by atoms with Crippen molar-refractivity contribution in [1.82, 2.24) is 9.80 Å². The smallest absolute Gasteiger partial charge is 0.00127 e. The van der Waals surface area contributed by atoms with Crippen molar-refractivity contribution >= 4 is 0 Å². The maximum absolute atomic E-state index is 2.71. The minimum Gasteiger partial charge on any atom is -0.306 e. The molecule has 0 bridgehead atoms. The van der Waals surface area contributed by atoms with Gasteiger partial charge in [-0.2, -0.15) is 0 Å². The van der Waals surface area contributed by atoms with Crippen molar-refractivity contribution in [2.24, 2.45) is 23.7 Å². The molecule has 0 aromatic rings. The van der Waals surface area contributed by atoms with E-state index in [2.05, 4.69) is 23.8 Å². The molecule has 2 saturated heterocycles. The number of piperidine rings is 2. The SMILES string of the molecule is CC1CCN(CCC2C3CN(C)CC23)CC1. The van der Waals surface area contributed by atoms with E-state index < -0.39 is 0 Å². The zero-order chi connectivity index (χ0) is 11.1. The minimum atomic E-state index is 0.977. The van der Waals surface area contributed by atoms with Crippen LogP contribution in [0.3, 0.4) is 0 Å². The molecule has 16 heavy (non-hydrogen) atoms. The monoisotopic (exact) mass is 222 g/mol. The van der Waals surface area contributed by atoms with Crippen molar-refractivity contribution < 1.29 is 0 Å². The van der Waals surface area contributed by atoms with E-state index in [1.54, 1.807) is 0 Å². The van der Waals surface area contributed by atoms with E-state index in [0.29, 0.717) is 0 Å². The molecule has 0 aromatic carbocycles. The lowest BCUT2D eigenvalue weighted by Gasteiger charge is -2.30. The first-order valence-corrected chi connectivity index (χ1v) is 7.15. The Hall–Kier alpha value is -0.0800. The number of fused-ring (bicyclic) bond motifs is 1. The first-order valence-electron chi connectivity index (χ1n) is 7.15. The van der Waals surface area contributed by atoms with Crippen LogP contribution in [0, 0.1) is 23.7 Å². The summed E-state index contributed by atoms with van der Waals surface area (Å²) in [5.41, 5.74) is 0. The molecule has 2 heterocycles. The fourth-order valence-corrected chi connectivity index (χ4v) is 3.91. The predicted octanol–water partition coefficient (Wildman–Crippen LogP) is 1.92. The number of hydrogen-bond acceptors (Lipinski definition) is 2. The first kappa shape index (κ1) is 11.0. The normalized spacial score (nSPS) is 41.2. The molecule has 0 amide bonds. The van der Waals surface area contributed by atoms with Gasteiger partial charge in [0, 0.05) is 13.1 Å². The van der Waals surface area contributed by atoms with Crippen LogP contribution in [-0.4, -0.2) is 49.6 Å². The Labute approximate surface area is 100.0 Å². The molecule has 3 aliphatic rings. The highest BCUT2D eigenvalue weighted by molar-refractivity contribution is 5.04. The van der Waals surface area contributed by atoms with Crippen LogP contribution in [0.1, 0.15) is 26.2 Å². The van der Waals surface area contributed by atoms with Crippen LogP contribution in [0.25, 0.3) is 0 Å². The van der Waals surface area contributed by atoms with Crippen molar-refractivity contribution in [3.63, 3.8) is 0 Å². The molecule has 1 saturated carbocycles. The molecule has 0 aromatic heterocycles. The molecule has 0 radical (unpaired) electrons. The molecule has 0 N–H and O–H groups in total. The molecule has 3 fully saturated rings. The predicted molar refractivity (Wildman–Crippen MR) is 67.4 cm³/mol. The van der Waals surface area contributed by atoms with Gasteiger partial charge in [-0.05, 0) is 69.6 Å². The highest BCUT2D eigenvalue weighted by atomic mass is 15.2. The Morgan fingerprint density at radius 1 is 1.06 bits per heavy atom. The lowest BCUT2D eigenvalue weighted by atomic mass is 9.99. The van der Waals surface area contributed by atoms with Crippen LogP contribution in [0.4, 0.5) is 0 Å². The van der Waals surface area contributed by atoms with Gasteiger partial charge in [-0.1, -0.05) is 6.92 Å². The van der Waals surface area contributed by atoms with Crippen molar-refractivity contribution in [2.75, 3.05) is 39.8 Å². The van der Waals surface area contributed by atoms with Gasteiger partial charge in [0.1, 0.15) is 0 Å². The van der Waals surface area contributed by atoms with Crippen LogP contribution >= 0.6 is 0 Å². The fourth-order valence-electron chi connectivity index (χ4n) is 3.91.